The van der Waals surface area contributed by atoms with Crippen LogP contribution in [-0.4, -0.2) is 22.0 Å². The van der Waals surface area contributed by atoms with Crippen LogP contribution < -0.4 is 5.32 Å². The average molecular weight is 302 g/mol. The van der Waals surface area contributed by atoms with Crippen molar-refractivity contribution in [2.45, 2.75) is 13.5 Å². The first kappa shape index (κ1) is 14.9. The van der Waals surface area contributed by atoms with Gasteiger partial charge < -0.3 is 10.4 Å². The summed E-state index contributed by atoms with van der Waals surface area (Å²) in [4.78, 5) is 26.7. The van der Waals surface area contributed by atoms with Crippen molar-refractivity contribution in [2.75, 3.05) is 0 Å². The molecule has 1 heterocycles. The molecule has 0 radical (unpaired) electrons. The van der Waals surface area contributed by atoms with Crippen LogP contribution in [0.5, 0.6) is 0 Å². The predicted molar refractivity (Wildman–Crippen MR) is 81.1 cm³/mol. The molecule has 0 spiro atoms. The van der Waals surface area contributed by atoms with Gasteiger partial charge >= 0.3 is 5.97 Å². The van der Waals surface area contributed by atoms with E-state index in [4.69, 9.17) is 5.11 Å². The van der Waals surface area contributed by atoms with E-state index in [9.17, 15) is 9.59 Å². The van der Waals surface area contributed by atoms with Crippen LogP contribution in [0.3, 0.4) is 0 Å². The fourth-order valence-electron chi connectivity index (χ4n) is 1.81. The summed E-state index contributed by atoms with van der Waals surface area (Å²) in [5.41, 5.74) is 2.07. The Morgan fingerprint density at radius 1 is 1.38 bits per heavy atom. The quantitative estimate of drug-likeness (QED) is 0.832. The second-order valence-corrected chi connectivity index (χ2v) is 5.39. The monoisotopic (exact) mass is 302 g/mol. The maximum atomic E-state index is 12.1. The van der Waals surface area contributed by atoms with E-state index in [1.54, 1.807) is 18.3 Å². The summed E-state index contributed by atoms with van der Waals surface area (Å²) in [6.07, 6.45) is 4.20. The second kappa shape index (κ2) is 6.81. The topological polar surface area (TPSA) is 79.3 Å². The molecule has 2 N–H and O–H groups in total. The standard InChI is InChI=1S/C15H14N2O3S/c1-10-6-11(2-3-14(18)19)8-12(7-10)15(20)17-9-13-16-4-5-21-13/h2-8H,9H2,1H3,(H,17,20)(H,18,19)/b3-2+. The second-order valence-electron chi connectivity index (χ2n) is 4.41. The lowest BCUT2D eigenvalue weighted by Gasteiger charge is -2.06. The van der Waals surface area contributed by atoms with Crippen molar-refractivity contribution in [1.82, 2.24) is 10.3 Å². The number of aryl methyl sites for hydroxylation is 1. The Hall–Kier alpha value is -2.47. The molecule has 0 saturated carbocycles. The first-order chi connectivity index (χ1) is 10.0. The number of aromatic nitrogens is 1. The Balaban J connectivity index is 2.11. The Morgan fingerprint density at radius 3 is 2.86 bits per heavy atom. The van der Waals surface area contributed by atoms with Gasteiger partial charge in [0.1, 0.15) is 5.01 Å². The summed E-state index contributed by atoms with van der Waals surface area (Å²) < 4.78 is 0. The van der Waals surface area contributed by atoms with Crippen molar-refractivity contribution in [1.29, 1.82) is 0 Å². The van der Waals surface area contributed by atoms with Crippen LogP contribution in [-0.2, 0) is 11.3 Å². The van der Waals surface area contributed by atoms with Crippen molar-refractivity contribution in [3.8, 4) is 0 Å². The number of benzene rings is 1. The molecule has 1 aromatic carbocycles. The molecule has 0 aliphatic rings. The van der Waals surface area contributed by atoms with Crippen LogP contribution in [0.2, 0.25) is 0 Å². The summed E-state index contributed by atoms with van der Waals surface area (Å²) >= 11 is 1.48. The van der Waals surface area contributed by atoms with E-state index in [1.165, 1.54) is 17.4 Å². The number of carboxylic acids is 1. The van der Waals surface area contributed by atoms with Gasteiger partial charge in [-0.2, -0.15) is 0 Å². The van der Waals surface area contributed by atoms with Crippen molar-refractivity contribution < 1.29 is 14.7 Å². The van der Waals surface area contributed by atoms with Gasteiger partial charge in [0, 0.05) is 23.2 Å². The fourth-order valence-corrected chi connectivity index (χ4v) is 2.36. The Kier molecular flexibility index (Phi) is 4.84. The van der Waals surface area contributed by atoms with E-state index < -0.39 is 5.97 Å². The highest BCUT2D eigenvalue weighted by molar-refractivity contribution is 7.09. The third-order valence-corrected chi connectivity index (χ3v) is 3.44. The van der Waals surface area contributed by atoms with E-state index >= 15 is 0 Å². The number of carbonyl (C=O) groups excluding carboxylic acids is 1. The molecule has 1 amide bonds. The molecule has 108 valence electrons. The Morgan fingerprint density at radius 2 is 2.19 bits per heavy atom. The molecule has 2 aromatic rings. The number of aliphatic carboxylic acids is 1. The number of hydrogen-bond acceptors (Lipinski definition) is 4. The fraction of sp³-hybridized carbons (Fsp3) is 0.133. The van der Waals surface area contributed by atoms with Gasteiger partial charge in [-0.1, -0.05) is 6.07 Å². The van der Waals surface area contributed by atoms with E-state index in [-0.39, 0.29) is 5.91 Å². The zero-order valence-electron chi connectivity index (χ0n) is 11.4. The molecule has 0 saturated heterocycles. The maximum absolute atomic E-state index is 12.1. The number of rotatable bonds is 5. The summed E-state index contributed by atoms with van der Waals surface area (Å²) in [6.45, 7) is 2.24. The first-order valence-electron chi connectivity index (χ1n) is 6.24. The van der Waals surface area contributed by atoms with Gasteiger partial charge in [0.2, 0.25) is 0 Å². The molecule has 0 atom stereocenters. The van der Waals surface area contributed by atoms with Crippen molar-refractivity contribution >= 4 is 29.3 Å². The average Bonchev–Trinajstić information content (AvgIpc) is 2.95. The van der Waals surface area contributed by atoms with Crippen LogP contribution in [0.25, 0.3) is 6.08 Å². The van der Waals surface area contributed by atoms with Crippen LogP contribution >= 0.6 is 11.3 Å². The lowest BCUT2D eigenvalue weighted by Crippen LogP contribution is -2.22. The molecule has 0 unspecified atom stereocenters. The third kappa shape index (κ3) is 4.54. The Bertz CT molecular complexity index is 678. The molecule has 6 heteroatoms. The highest BCUT2D eigenvalue weighted by atomic mass is 32.1. The van der Waals surface area contributed by atoms with Crippen LogP contribution in [0.1, 0.15) is 26.5 Å². The molecular weight excluding hydrogens is 288 g/mol. The van der Waals surface area contributed by atoms with Gasteiger partial charge in [-0.05, 0) is 36.3 Å². The van der Waals surface area contributed by atoms with Gasteiger partial charge in [-0.15, -0.1) is 11.3 Å². The number of hydrogen-bond donors (Lipinski definition) is 2. The minimum atomic E-state index is -1.02. The van der Waals surface area contributed by atoms with Crippen molar-refractivity contribution in [3.05, 3.63) is 57.6 Å². The summed E-state index contributed by atoms with van der Waals surface area (Å²) in [5.74, 6) is -1.23. The molecular formula is C15H14N2O3S. The zero-order chi connectivity index (χ0) is 15.2. The highest BCUT2D eigenvalue weighted by Crippen LogP contribution is 2.12. The van der Waals surface area contributed by atoms with Crippen LogP contribution in [0, 0.1) is 6.92 Å². The number of amides is 1. The molecule has 5 nitrogen and oxygen atoms in total. The van der Waals surface area contributed by atoms with E-state index in [0.29, 0.717) is 17.7 Å². The van der Waals surface area contributed by atoms with E-state index in [0.717, 1.165) is 16.6 Å². The maximum Gasteiger partial charge on any atom is 0.328 e. The number of thiazole rings is 1. The van der Waals surface area contributed by atoms with E-state index in [2.05, 4.69) is 10.3 Å². The number of carboxylic acid groups (broad SMARTS) is 1. The number of nitrogens with zero attached hydrogens (tertiary/aromatic N) is 1. The van der Waals surface area contributed by atoms with E-state index in [1.807, 2.05) is 18.4 Å². The summed E-state index contributed by atoms with van der Waals surface area (Å²) in [5, 5.41) is 14.1. The van der Waals surface area contributed by atoms with Gasteiger partial charge in [0.05, 0.1) is 6.54 Å². The minimum absolute atomic E-state index is 0.209. The first-order valence-corrected chi connectivity index (χ1v) is 7.12. The van der Waals surface area contributed by atoms with Crippen LogP contribution in [0.4, 0.5) is 0 Å². The predicted octanol–water partition coefficient (Wildman–Crippen LogP) is 2.48. The molecule has 21 heavy (non-hydrogen) atoms. The van der Waals surface area contributed by atoms with Crippen molar-refractivity contribution in [3.63, 3.8) is 0 Å². The van der Waals surface area contributed by atoms with Crippen molar-refractivity contribution in [2.24, 2.45) is 0 Å². The van der Waals surface area contributed by atoms with Gasteiger partial charge in [-0.3, -0.25) is 4.79 Å². The summed E-state index contributed by atoms with van der Waals surface area (Å²) in [6, 6.07) is 5.23. The minimum Gasteiger partial charge on any atom is -0.478 e. The van der Waals surface area contributed by atoms with Gasteiger partial charge in [0.15, 0.2) is 0 Å². The molecule has 2 rings (SSSR count). The molecule has 0 bridgehead atoms. The number of carbonyl (C=O) groups is 2. The smallest absolute Gasteiger partial charge is 0.328 e. The van der Waals surface area contributed by atoms with Gasteiger partial charge in [0.25, 0.3) is 5.91 Å². The van der Waals surface area contributed by atoms with Gasteiger partial charge in [-0.25, -0.2) is 9.78 Å². The zero-order valence-corrected chi connectivity index (χ0v) is 12.2. The Labute approximate surface area is 126 Å². The largest absolute Gasteiger partial charge is 0.478 e. The normalized spacial score (nSPS) is 10.7. The molecule has 0 aliphatic heterocycles. The number of nitrogens with one attached hydrogen (secondary N) is 1. The third-order valence-electron chi connectivity index (χ3n) is 2.66. The SMILES string of the molecule is Cc1cc(/C=C/C(=O)O)cc(C(=O)NCc2nccs2)c1. The lowest BCUT2D eigenvalue weighted by atomic mass is 10.1. The van der Waals surface area contributed by atoms with Crippen LogP contribution in [0.15, 0.2) is 35.9 Å². The molecule has 0 fully saturated rings. The molecule has 1 aromatic heterocycles. The lowest BCUT2D eigenvalue weighted by molar-refractivity contribution is -0.131. The molecule has 0 aliphatic carbocycles. The highest BCUT2D eigenvalue weighted by Gasteiger charge is 2.07. The summed E-state index contributed by atoms with van der Waals surface area (Å²) in [7, 11) is 0.